The number of rotatable bonds is 6. The molecule has 21 heavy (non-hydrogen) atoms. The number of benzene rings is 1. The van der Waals surface area contributed by atoms with E-state index in [1.807, 2.05) is 39.2 Å². The molecule has 1 aromatic heterocycles. The van der Waals surface area contributed by atoms with Gasteiger partial charge in [-0.2, -0.15) is 0 Å². The van der Waals surface area contributed by atoms with Crippen LogP contribution in [-0.2, 0) is 24.5 Å². The van der Waals surface area contributed by atoms with Crippen molar-refractivity contribution in [2.45, 2.75) is 26.7 Å². The third-order valence-electron chi connectivity index (χ3n) is 3.22. The Kier molecular flexibility index (Phi) is 5.31. The van der Waals surface area contributed by atoms with E-state index in [2.05, 4.69) is 28.1 Å². The van der Waals surface area contributed by atoms with Gasteiger partial charge >= 0.3 is 0 Å². The molecule has 0 aliphatic rings. The predicted molar refractivity (Wildman–Crippen MR) is 85.7 cm³/mol. The van der Waals surface area contributed by atoms with Gasteiger partial charge in [-0.05, 0) is 38.2 Å². The number of hydrogen-bond acceptors (Lipinski definition) is 4. The van der Waals surface area contributed by atoms with Crippen LogP contribution < -0.4 is 5.73 Å². The van der Waals surface area contributed by atoms with Crippen molar-refractivity contribution in [2.75, 3.05) is 19.8 Å². The first-order chi connectivity index (χ1) is 10.1. The van der Waals surface area contributed by atoms with Crippen molar-refractivity contribution in [2.24, 2.45) is 0 Å². The van der Waals surface area contributed by atoms with Gasteiger partial charge in [-0.15, -0.1) is 0 Å². The Bertz CT molecular complexity index is 582. The minimum absolute atomic E-state index is 0.547. The molecule has 0 unspecified atom stereocenters. The number of nitrogen functional groups attached to an aromatic ring is 1. The lowest BCUT2D eigenvalue weighted by atomic mass is 10.1. The van der Waals surface area contributed by atoms with E-state index in [1.165, 1.54) is 5.56 Å². The van der Waals surface area contributed by atoms with Gasteiger partial charge in [-0.1, -0.05) is 30.3 Å². The van der Waals surface area contributed by atoms with Gasteiger partial charge in [0.15, 0.2) is 0 Å². The number of aromatic nitrogens is 1. The van der Waals surface area contributed by atoms with Crippen LogP contribution in [0.5, 0.6) is 0 Å². The molecule has 0 aliphatic heterocycles. The van der Waals surface area contributed by atoms with E-state index < -0.39 is 0 Å². The lowest BCUT2D eigenvalue weighted by molar-refractivity contribution is 0.106. The molecular formula is C17H23N3O. The molecule has 0 saturated carbocycles. The quantitative estimate of drug-likeness (QED) is 0.886. The van der Waals surface area contributed by atoms with Crippen molar-refractivity contribution in [1.82, 2.24) is 9.88 Å². The Balaban J connectivity index is 2.07. The van der Waals surface area contributed by atoms with E-state index >= 15 is 0 Å². The molecule has 4 heteroatoms. The maximum absolute atomic E-state index is 6.06. The van der Waals surface area contributed by atoms with E-state index in [0.29, 0.717) is 19.0 Å². The molecule has 0 spiro atoms. The zero-order valence-corrected chi connectivity index (χ0v) is 13.0. The zero-order valence-electron chi connectivity index (χ0n) is 13.0. The van der Waals surface area contributed by atoms with E-state index in [-0.39, 0.29) is 0 Å². The SMILES string of the molecule is Cc1cc(COCc2ccccc2)c(CN(C)C)c(N)n1. The number of aryl methyl sites for hydroxylation is 1. The van der Waals surface area contributed by atoms with Crippen LogP contribution in [0.25, 0.3) is 0 Å². The molecule has 1 heterocycles. The first-order valence-corrected chi connectivity index (χ1v) is 7.07. The van der Waals surface area contributed by atoms with Gasteiger partial charge in [0.25, 0.3) is 0 Å². The van der Waals surface area contributed by atoms with Crippen LogP contribution in [0.1, 0.15) is 22.4 Å². The van der Waals surface area contributed by atoms with Crippen LogP contribution in [0.3, 0.4) is 0 Å². The average molecular weight is 285 g/mol. The summed E-state index contributed by atoms with van der Waals surface area (Å²) in [6, 6.07) is 12.2. The number of pyridine rings is 1. The molecule has 0 amide bonds. The molecule has 0 radical (unpaired) electrons. The molecule has 2 rings (SSSR count). The van der Waals surface area contributed by atoms with E-state index in [9.17, 15) is 0 Å². The van der Waals surface area contributed by atoms with Crippen LogP contribution in [0.4, 0.5) is 5.82 Å². The highest BCUT2D eigenvalue weighted by Crippen LogP contribution is 2.19. The summed E-state index contributed by atoms with van der Waals surface area (Å²) >= 11 is 0. The minimum Gasteiger partial charge on any atom is -0.383 e. The maximum atomic E-state index is 6.06. The Morgan fingerprint density at radius 2 is 1.86 bits per heavy atom. The largest absolute Gasteiger partial charge is 0.383 e. The van der Waals surface area contributed by atoms with Crippen molar-refractivity contribution in [3.8, 4) is 0 Å². The highest BCUT2D eigenvalue weighted by Gasteiger charge is 2.10. The Morgan fingerprint density at radius 1 is 1.14 bits per heavy atom. The van der Waals surface area contributed by atoms with Gasteiger partial charge < -0.3 is 15.4 Å². The third-order valence-corrected chi connectivity index (χ3v) is 3.22. The maximum Gasteiger partial charge on any atom is 0.128 e. The molecule has 112 valence electrons. The minimum atomic E-state index is 0.547. The molecule has 0 fully saturated rings. The van der Waals surface area contributed by atoms with Gasteiger partial charge in [-0.3, -0.25) is 0 Å². The highest BCUT2D eigenvalue weighted by atomic mass is 16.5. The fraction of sp³-hybridized carbons (Fsp3) is 0.353. The molecule has 4 nitrogen and oxygen atoms in total. The predicted octanol–water partition coefficient (Wildman–Crippen LogP) is 2.75. The Labute approximate surface area is 126 Å². The molecule has 2 N–H and O–H groups in total. The molecule has 0 bridgehead atoms. The van der Waals surface area contributed by atoms with Crippen LogP contribution in [0.2, 0.25) is 0 Å². The third kappa shape index (κ3) is 4.55. The Hall–Kier alpha value is -1.91. The van der Waals surface area contributed by atoms with Crippen LogP contribution in [0, 0.1) is 6.92 Å². The number of ether oxygens (including phenoxy) is 1. The zero-order chi connectivity index (χ0) is 15.2. The van der Waals surface area contributed by atoms with Crippen molar-refractivity contribution in [3.63, 3.8) is 0 Å². The van der Waals surface area contributed by atoms with Gasteiger partial charge in [0, 0.05) is 17.8 Å². The smallest absolute Gasteiger partial charge is 0.128 e. The van der Waals surface area contributed by atoms with E-state index in [1.54, 1.807) is 0 Å². The lowest BCUT2D eigenvalue weighted by Gasteiger charge is -2.17. The highest BCUT2D eigenvalue weighted by molar-refractivity contribution is 5.45. The van der Waals surface area contributed by atoms with E-state index in [4.69, 9.17) is 10.5 Å². The van der Waals surface area contributed by atoms with Gasteiger partial charge in [0.2, 0.25) is 0 Å². The Morgan fingerprint density at radius 3 is 2.52 bits per heavy atom. The van der Waals surface area contributed by atoms with E-state index in [0.717, 1.165) is 23.4 Å². The van der Waals surface area contributed by atoms with Crippen LogP contribution >= 0.6 is 0 Å². The molecule has 2 aromatic rings. The summed E-state index contributed by atoms with van der Waals surface area (Å²) in [5.41, 5.74) is 10.3. The first-order valence-electron chi connectivity index (χ1n) is 7.07. The molecule has 0 atom stereocenters. The van der Waals surface area contributed by atoms with Crippen molar-refractivity contribution in [1.29, 1.82) is 0 Å². The fourth-order valence-electron chi connectivity index (χ4n) is 2.27. The van der Waals surface area contributed by atoms with Gasteiger partial charge in [0.1, 0.15) is 5.82 Å². The monoisotopic (exact) mass is 285 g/mol. The van der Waals surface area contributed by atoms with Crippen molar-refractivity contribution in [3.05, 3.63) is 58.8 Å². The second-order valence-corrected chi connectivity index (χ2v) is 5.50. The summed E-state index contributed by atoms with van der Waals surface area (Å²) < 4.78 is 5.84. The summed E-state index contributed by atoms with van der Waals surface area (Å²) in [6.45, 7) is 3.87. The molecule has 0 aliphatic carbocycles. The number of nitrogens with two attached hydrogens (primary N) is 1. The van der Waals surface area contributed by atoms with Crippen LogP contribution in [0.15, 0.2) is 36.4 Å². The normalized spacial score (nSPS) is 11.0. The fourth-order valence-corrected chi connectivity index (χ4v) is 2.27. The second-order valence-electron chi connectivity index (χ2n) is 5.50. The summed E-state index contributed by atoms with van der Waals surface area (Å²) in [4.78, 5) is 6.44. The summed E-state index contributed by atoms with van der Waals surface area (Å²) in [6.07, 6.45) is 0. The average Bonchev–Trinajstić information content (AvgIpc) is 2.43. The topological polar surface area (TPSA) is 51.4 Å². The lowest BCUT2D eigenvalue weighted by Crippen LogP contribution is -2.16. The molecular weight excluding hydrogens is 262 g/mol. The summed E-state index contributed by atoms with van der Waals surface area (Å²) in [7, 11) is 4.04. The standard InChI is InChI=1S/C17H23N3O/c1-13-9-15(16(10-20(2)3)17(18)19-13)12-21-11-14-7-5-4-6-8-14/h4-9H,10-12H2,1-3H3,(H2,18,19). The van der Waals surface area contributed by atoms with Crippen molar-refractivity contribution >= 4 is 5.82 Å². The van der Waals surface area contributed by atoms with Gasteiger partial charge in [0.05, 0.1) is 13.2 Å². The molecule has 0 saturated heterocycles. The number of anilines is 1. The summed E-state index contributed by atoms with van der Waals surface area (Å²) in [5, 5.41) is 0. The second kappa shape index (κ2) is 7.20. The van der Waals surface area contributed by atoms with Crippen LogP contribution in [-0.4, -0.2) is 24.0 Å². The number of hydrogen-bond donors (Lipinski definition) is 1. The van der Waals surface area contributed by atoms with Crippen molar-refractivity contribution < 1.29 is 4.74 Å². The molecule has 1 aromatic carbocycles. The number of nitrogens with zero attached hydrogens (tertiary/aromatic N) is 2. The van der Waals surface area contributed by atoms with Gasteiger partial charge in [-0.25, -0.2) is 4.98 Å². The first kappa shape index (κ1) is 15.5. The summed E-state index contributed by atoms with van der Waals surface area (Å²) in [5.74, 6) is 0.599.